The number of amides is 2. The van der Waals surface area contributed by atoms with Crippen molar-refractivity contribution in [2.45, 2.75) is 20.3 Å². The van der Waals surface area contributed by atoms with E-state index >= 15 is 0 Å². The molecule has 29 heavy (non-hydrogen) atoms. The molecule has 2 aromatic rings. The molecule has 1 N–H and O–H groups in total. The van der Waals surface area contributed by atoms with Gasteiger partial charge in [0, 0.05) is 18.7 Å². The number of hydrogen-bond donors (Lipinski definition) is 1. The monoisotopic (exact) mass is 396 g/mol. The average Bonchev–Trinajstić information content (AvgIpc) is 3.11. The lowest BCUT2D eigenvalue weighted by atomic mass is 10.1. The van der Waals surface area contributed by atoms with Crippen LogP contribution in [-0.2, 0) is 14.3 Å². The van der Waals surface area contributed by atoms with Gasteiger partial charge in [-0.05, 0) is 50.2 Å². The fourth-order valence-electron chi connectivity index (χ4n) is 3.24. The molecule has 1 saturated heterocycles. The Morgan fingerprint density at radius 3 is 2.48 bits per heavy atom. The van der Waals surface area contributed by atoms with Gasteiger partial charge in [-0.3, -0.25) is 9.59 Å². The number of nitrogens with one attached hydrogen (secondary N) is 1. The number of ether oxygens (including phenoxy) is 2. The number of carbonyl (C=O) groups excluding carboxylic acids is 3. The second-order valence-electron chi connectivity index (χ2n) is 6.59. The van der Waals surface area contributed by atoms with Gasteiger partial charge in [-0.25, -0.2) is 4.79 Å². The summed E-state index contributed by atoms with van der Waals surface area (Å²) in [5, 5.41) is 2.77. The van der Waals surface area contributed by atoms with Crippen LogP contribution in [0.25, 0.3) is 0 Å². The number of anilines is 2. The zero-order chi connectivity index (χ0) is 20.8. The molecule has 0 aliphatic carbocycles. The predicted octanol–water partition coefficient (Wildman–Crippen LogP) is 3.25. The first kappa shape index (κ1) is 20.4. The Hall–Kier alpha value is -3.35. The Morgan fingerprint density at radius 1 is 1.07 bits per heavy atom. The number of carbonyl (C=O) groups is 3. The molecule has 0 aromatic heterocycles. The molecule has 152 valence electrons. The molecule has 0 saturated carbocycles. The Bertz CT molecular complexity index is 894. The molecule has 7 nitrogen and oxygen atoms in total. The zero-order valence-corrected chi connectivity index (χ0v) is 16.5. The summed E-state index contributed by atoms with van der Waals surface area (Å²) < 4.78 is 10.5. The number of nitrogens with zero attached hydrogens (tertiary/aromatic N) is 1. The van der Waals surface area contributed by atoms with Crippen LogP contribution in [0.2, 0.25) is 0 Å². The highest BCUT2D eigenvalue weighted by Gasteiger charge is 2.35. The molecule has 7 heteroatoms. The summed E-state index contributed by atoms with van der Waals surface area (Å²) in [7, 11) is 0. The van der Waals surface area contributed by atoms with Crippen molar-refractivity contribution in [1.29, 1.82) is 0 Å². The number of para-hydroxylation sites is 1. The molecule has 0 radical (unpaired) electrons. The van der Waals surface area contributed by atoms with Gasteiger partial charge in [-0.1, -0.05) is 12.1 Å². The van der Waals surface area contributed by atoms with E-state index in [0.717, 1.165) is 11.4 Å². The van der Waals surface area contributed by atoms with Gasteiger partial charge in [0.15, 0.2) is 0 Å². The van der Waals surface area contributed by atoms with Crippen molar-refractivity contribution in [1.82, 2.24) is 0 Å². The summed E-state index contributed by atoms with van der Waals surface area (Å²) in [6.45, 7) is 4.72. The fraction of sp³-hybridized carbons (Fsp3) is 0.318. The van der Waals surface area contributed by atoms with Crippen molar-refractivity contribution in [3.63, 3.8) is 0 Å². The van der Waals surface area contributed by atoms with E-state index < -0.39 is 11.9 Å². The second-order valence-corrected chi connectivity index (χ2v) is 6.59. The van der Waals surface area contributed by atoms with E-state index in [1.54, 1.807) is 60.4 Å². The van der Waals surface area contributed by atoms with Crippen LogP contribution in [-0.4, -0.2) is 37.5 Å². The third-order valence-electron chi connectivity index (χ3n) is 4.64. The number of hydrogen-bond acceptors (Lipinski definition) is 5. The Morgan fingerprint density at radius 2 is 1.79 bits per heavy atom. The van der Waals surface area contributed by atoms with Crippen LogP contribution in [0.1, 0.15) is 30.6 Å². The Kier molecular flexibility index (Phi) is 6.49. The van der Waals surface area contributed by atoms with Crippen molar-refractivity contribution in [3.8, 4) is 5.75 Å². The van der Waals surface area contributed by atoms with E-state index in [4.69, 9.17) is 9.47 Å². The first-order valence-electron chi connectivity index (χ1n) is 9.63. The zero-order valence-electron chi connectivity index (χ0n) is 16.5. The summed E-state index contributed by atoms with van der Waals surface area (Å²) in [6.07, 6.45) is 0.112. The molecule has 1 aliphatic rings. The quantitative estimate of drug-likeness (QED) is 0.726. The minimum Gasteiger partial charge on any atom is -0.494 e. The van der Waals surface area contributed by atoms with Crippen LogP contribution in [0.3, 0.4) is 0 Å². The van der Waals surface area contributed by atoms with Gasteiger partial charge in [0.05, 0.1) is 30.4 Å². The SMILES string of the molecule is CCOC(=O)c1ccccc1NC(=O)[C@@H]1CC(=O)N(c2ccc(OCC)cc2)C1. The molecule has 0 bridgehead atoms. The van der Waals surface area contributed by atoms with Crippen LogP contribution in [0.5, 0.6) is 5.75 Å². The molecule has 0 unspecified atom stereocenters. The highest BCUT2D eigenvalue weighted by Crippen LogP contribution is 2.28. The lowest BCUT2D eigenvalue weighted by Crippen LogP contribution is -2.28. The van der Waals surface area contributed by atoms with Crippen LogP contribution in [0, 0.1) is 5.92 Å². The molecular weight excluding hydrogens is 372 g/mol. The van der Waals surface area contributed by atoms with Gasteiger partial charge >= 0.3 is 5.97 Å². The molecule has 3 rings (SSSR count). The standard InChI is InChI=1S/C22H24N2O5/c1-3-28-17-11-9-16(10-12-17)24-14-15(13-20(24)25)21(26)23-19-8-6-5-7-18(19)22(27)29-4-2/h5-12,15H,3-4,13-14H2,1-2H3,(H,23,26)/t15-/m1/s1. The largest absolute Gasteiger partial charge is 0.494 e. The van der Waals surface area contributed by atoms with Crippen molar-refractivity contribution >= 4 is 29.2 Å². The molecule has 1 heterocycles. The van der Waals surface area contributed by atoms with Crippen LogP contribution in [0.15, 0.2) is 48.5 Å². The van der Waals surface area contributed by atoms with Crippen molar-refractivity contribution in [2.75, 3.05) is 30.0 Å². The Balaban J connectivity index is 1.69. The minimum atomic E-state index is -0.510. The highest BCUT2D eigenvalue weighted by molar-refractivity contribution is 6.06. The minimum absolute atomic E-state index is 0.112. The van der Waals surface area contributed by atoms with Gasteiger partial charge in [0.2, 0.25) is 11.8 Å². The van der Waals surface area contributed by atoms with Crippen molar-refractivity contribution in [2.24, 2.45) is 5.92 Å². The smallest absolute Gasteiger partial charge is 0.340 e. The van der Waals surface area contributed by atoms with Gasteiger partial charge in [-0.15, -0.1) is 0 Å². The summed E-state index contributed by atoms with van der Waals surface area (Å²) in [5.41, 5.74) is 1.39. The van der Waals surface area contributed by atoms with Crippen molar-refractivity contribution < 1.29 is 23.9 Å². The topological polar surface area (TPSA) is 84.9 Å². The lowest BCUT2D eigenvalue weighted by molar-refractivity contribution is -0.122. The van der Waals surface area contributed by atoms with Crippen molar-refractivity contribution in [3.05, 3.63) is 54.1 Å². The molecule has 0 spiro atoms. The fourth-order valence-corrected chi connectivity index (χ4v) is 3.24. The summed E-state index contributed by atoms with van der Waals surface area (Å²) in [4.78, 5) is 38.9. The summed E-state index contributed by atoms with van der Waals surface area (Å²) in [5.74, 6) is -0.699. The third-order valence-corrected chi connectivity index (χ3v) is 4.64. The highest BCUT2D eigenvalue weighted by atomic mass is 16.5. The molecule has 2 aromatic carbocycles. The van der Waals surface area contributed by atoms with Gasteiger partial charge in [0.1, 0.15) is 5.75 Å². The second kappa shape index (κ2) is 9.23. The number of esters is 1. The number of rotatable bonds is 7. The first-order chi connectivity index (χ1) is 14.0. The van der Waals surface area contributed by atoms with E-state index in [1.807, 2.05) is 6.92 Å². The van der Waals surface area contributed by atoms with E-state index in [1.165, 1.54) is 0 Å². The van der Waals surface area contributed by atoms with Crippen LogP contribution in [0.4, 0.5) is 11.4 Å². The van der Waals surface area contributed by atoms with E-state index in [-0.39, 0.29) is 37.0 Å². The summed E-state index contributed by atoms with van der Waals surface area (Å²) in [6, 6.07) is 13.9. The predicted molar refractivity (Wildman–Crippen MR) is 109 cm³/mol. The lowest BCUT2D eigenvalue weighted by Gasteiger charge is -2.17. The third kappa shape index (κ3) is 4.74. The van der Waals surface area contributed by atoms with E-state index in [9.17, 15) is 14.4 Å². The molecule has 1 fully saturated rings. The van der Waals surface area contributed by atoms with Gasteiger partial charge in [-0.2, -0.15) is 0 Å². The van der Waals surface area contributed by atoms with E-state index in [0.29, 0.717) is 12.3 Å². The normalized spacial score (nSPS) is 15.9. The maximum atomic E-state index is 12.7. The van der Waals surface area contributed by atoms with E-state index in [2.05, 4.69) is 5.32 Å². The maximum absolute atomic E-state index is 12.7. The van der Waals surface area contributed by atoms with Gasteiger partial charge in [0.25, 0.3) is 0 Å². The number of benzene rings is 2. The van der Waals surface area contributed by atoms with Crippen LogP contribution < -0.4 is 15.0 Å². The molecular formula is C22H24N2O5. The van der Waals surface area contributed by atoms with Gasteiger partial charge < -0.3 is 19.7 Å². The summed E-state index contributed by atoms with van der Waals surface area (Å²) >= 11 is 0. The first-order valence-corrected chi connectivity index (χ1v) is 9.63. The molecule has 1 aliphatic heterocycles. The Labute approximate surface area is 169 Å². The molecule has 2 amide bonds. The maximum Gasteiger partial charge on any atom is 0.340 e. The average molecular weight is 396 g/mol. The molecule has 1 atom stereocenters. The van der Waals surface area contributed by atoms with Crippen LogP contribution >= 0.6 is 0 Å².